The van der Waals surface area contributed by atoms with Crippen molar-refractivity contribution in [1.29, 1.82) is 0 Å². The van der Waals surface area contributed by atoms with Gasteiger partial charge in [0, 0.05) is 24.6 Å². The molecule has 1 aliphatic heterocycles. The first-order valence-corrected chi connectivity index (χ1v) is 7.78. The van der Waals surface area contributed by atoms with Gasteiger partial charge in [-0.3, -0.25) is 4.79 Å². The van der Waals surface area contributed by atoms with Gasteiger partial charge in [-0.05, 0) is 36.8 Å². The summed E-state index contributed by atoms with van der Waals surface area (Å²) >= 11 is 0. The zero-order chi connectivity index (χ0) is 17.3. The van der Waals surface area contributed by atoms with Crippen LogP contribution in [0.3, 0.4) is 0 Å². The number of nitrogens with zero attached hydrogens (tertiary/aromatic N) is 1. The zero-order valence-corrected chi connectivity index (χ0v) is 13.7. The molecule has 24 heavy (non-hydrogen) atoms. The van der Waals surface area contributed by atoms with Crippen LogP contribution in [0, 0.1) is 6.92 Å². The van der Waals surface area contributed by atoms with Crippen molar-refractivity contribution in [3.63, 3.8) is 0 Å². The van der Waals surface area contributed by atoms with Crippen molar-refractivity contribution in [3.8, 4) is 5.75 Å². The minimum Gasteiger partial charge on any atom is -0.496 e. The van der Waals surface area contributed by atoms with Gasteiger partial charge in [0.05, 0.1) is 7.11 Å². The van der Waals surface area contributed by atoms with Gasteiger partial charge in [-0.2, -0.15) is 0 Å². The van der Waals surface area contributed by atoms with Crippen LogP contribution in [0.1, 0.15) is 33.8 Å². The van der Waals surface area contributed by atoms with Crippen LogP contribution in [0.2, 0.25) is 0 Å². The van der Waals surface area contributed by atoms with E-state index in [0.29, 0.717) is 18.7 Å². The van der Waals surface area contributed by atoms with E-state index in [1.807, 2.05) is 31.2 Å². The van der Waals surface area contributed by atoms with Gasteiger partial charge < -0.3 is 14.7 Å². The number of carboxylic acid groups (broad SMARTS) is 1. The van der Waals surface area contributed by atoms with Crippen molar-refractivity contribution < 1.29 is 19.4 Å². The van der Waals surface area contributed by atoms with E-state index in [2.05, 4.69) is 0 Å². The standard InChI is InChI=1S/C19H19NO4/c1-12-3-6-15(7-4-12)20-11-14(10-18(20)21)13-5-8-16(19(22)23)17(9-13)24-2/h3-9,14H,10-11H2,1-2H3,(H,22,23). The van der Waals surface area contributed by atoms with Crippen LogP contribution in [0.25, 0.3) is 0 Å². The lowest BCUT2D eigenvalue weighted by molar-refractivity contribution is -0.117. The van der Waals surface area contributed by atoms with Crippen molar-refractivity contribution in [2.45, 2.75) is 19.3 Å². The quantitative estimate of drug-likeness (QED) is 0.937. The first-order valence-electron chi connectivity index (χ1n) is 7.78. The number of anilines is 1. The molecule has 0 bridgehead atoms. The van der Waals surface area contributed by atoms with Crippen LogP contribution < -0.4 is 9.64 Å². The third kappa shape index (κ3) is 2.97. The SMILES string of the molecule is COc1cc(C2CC(=O)N(c3ccc(C)cc3)C2)ccc1C(=O)O. The summed E-state index contributed by atoms with van der Waals surface area (Å²) in [5, 5.41) is 9.17. The van der Waals surface area contributed by atoms with Gasteiger partial charge in [0.25, 0.3) is 0 Å². The molecule has 1 amide bonds. The molecule has 1 N–H and O–H groups in total. The van der Waals surface area contributed by atoms with Crippen LogP contribution in [0.5, 0.6) is 5.75 Å². The normalized spacial score (nSPS) is 17.2. The Balaban J connectivity index is 1.85. The van der Waals surface area contributed by atoms with Crippen molar-refractivity contribution in [3.05, 3.63) is 59.2 Å². The molecule has 1 aliphatic rings. The van der Waals surface area contributed by atoms with E-state index < -0.39 is 5.97 Å². The Kier molecular flexibility index (Phi) is 4.25. The molecular formula is C19H19NO4. The van der Waals surface area contributed by atoms with Gasteiger partial charge in [-0.25, -0.2) is 4.79 Å². The molecule has 3 rings (SSSR count). The third-order valence-electron chi connectivity index (χ3n) is 4.40. The number of aromatic carboxylic acids is 1. The largest absolute Gasteiger partial charge is 0.496 e. The molecule has 0 saturated carbocycles. The summed E-state index contributed by atoms with van der Waals surface area (Å²) in [5.74, 6) is -0.607. The molecule has 1 fully saturated rings. The molecule has 124 valence electrons. The van der Waals surface area contributed by atoms with Crippen LogP contribution >= 0.6 is 0 Å². The predicted molar refractivity (Wildman–Crippen MR) is 90.8 cm³/mol. The molecule has 0 spiro atoms. The van der Waals surface area contributed by atoms with E-state index in [1.54, 1.807) is 17.0 Å². The minimum absolute atomic E-state index is 0.0237. The Morgan fingerprint density at radius 2 is 1.92 bits per heavy atom. The first kappa shape index (κ1) is 16.1. The van der Waals surface area contributed by atoms with Crippen LogP contribution in [-0.2, 0) is 4.79 Å². The van der Waals surface area contributed by atoms with Crippen molar-refractivity contribution in [2.24, 2.45) is 0 Å². The van der Waals surface area contributed by atoms with E-state index in [0.717, 1.165) is 16.8 Å². The Bertz CT molecular complexity index is 782. The maximum absolute atomic E-state index is 12.4. The van der Waals surface area contributed by atoms with Gasteiger partial charge in [-0.15, -0.1) is 0 Å². The number of carbonyl (C=O) groups is 2. The van der Waals surface area contributed by atoms with Crippen molar-refractivity contribution in [2.75, 3.05) is 18.6 Å². The number of hydrogen-bond acceptors (Lipinski definition) is 3. The Hall–Kier alpha value is -2.82. The van der Waals surface area contributed by atoms with E-state index in [9.17, 15) is 9.59 Å². The maximum Gasteiger partial charge on any atom is 0.339 e. The molecule has 1 saturated heterocycles. The molecule has 1 heterocycles. The summed E-state index contributed by atoms with van der Waals surface area (Å²) in [5.41, 5.74) is 3.08. The number of rotatable bonds is 4. The molecule has 0 aromatic heterocycles. The van der Waals surface area contributed by atoms with Gasteiger partial charge in [0.1, 0.15) is 11.3 Å². The summed E-state index contributed by atoms with van der Waals surface area (Å²) in [6, 6.07) is 12.9. The molecule has 0 aliphatic carbocycles. The monoisotopic (exact) mass is 325 g/mol. The number of aryl methyl sites for hydroxylation is 1. The van der Waals surface area contributed by atoms with Crippen LogP contribution in [0.15, 0.2) is 42.5 Å². The highest BCUT2D eigenvalue weighted by Gasteiger charge is 2.32. The Morgan fingerprint density at radius 3 is 2.54 bits per heavy atom. The summed E-state index contributed by atoms with van der Waals surface area (Å²) in [7, 11) is 1.45. The number of methoxy groups -OCH3 is 1. The Morgan fingerprint density at radius 1 is 1.21 bits per heavy atom. The fourth-order valence-electron chi connectivity index (χ4n) is 3.04. The van der Waals surface area contributed by atoms with Gasteiger partial charge >= 0.3 is 5.97 Å². The Labute approximate surface area is 140 Å². The second kappa shape index (κ2) is 6.35. The lowest BCUT2D eigenvalue weighted by Gasteiger charge is -2.17. The summed E-state index contributed by atoms with van der Waals surface area (Å²) in [4.78, 5) is 25.3. The molecule has 0 radical (unpaired) electrons. The van der Waals surface area contributed by atoms with Crippen molar-refractivity contribution in [1.82, 2.24) is 0 Å². The molecule has 5 nitrogen and oxygen atoms in total. The second-order valence-corrected chi connectivity index (χ2v) is 6.01. The minimum atomic E-state index is -1.03. The summed E-state index contributed by atoms with van der Waals surface area (Å²) < 4.78 is 5.18. The van der Waals surface area contributed by atoms with Crippen LogP contribution in [0.4, 0.5) is 5.69 Å². The van der Waals surface area contributed by atoms with E-state index in [4.69, 9.17) is 9.84 Å². The highest BCUT2D eigenvalue weighted by Crippen LogP contribution is 2.34. The van der Waals surface area contributed by atoms with E-state index in [1.165, 1.54) is 13.2 Å². The number of benzene rings is 2. The number of carbonyl (C=O) groups excluding carboxylic acids is 1. The average Bonchev–Trinajstić information content (AvgIpc) is 2.96. The summed E-state index contributed by atoms with van der Waals surface area (Å²) in [6.45, 7) is 2.59. The van der Waals surface area contributed by atoms with Gasteiger partial charge in [-0.1, -0.05) is 23.8 Å². The number of hydrogen-bond donors (Lipinski definition) is 1. The maximum atomic E-state index is 12.4. The molecule has 1 atom stereocenters. The molecule has 1 unspecified atom stereocenters. The number of ether oxygens (including phenoxy) is 1. The first-order chi connectivity index (χ1) is 11.5. The highest BCUT2D eigenvalue weighted by atomic mass is 16.5. The highest BCUT2D eigenvalue weighted by molar-refractivity contribution is 5.96. The van der Waals surface area contributed by atoms with Crippen molar-refractivity contribution >= 4 is 17.6 Å². The molecule has 5 heteroatoms. The lowest BCUT2D eigenvalue weighted by Crippen LogP contribution is -2.24. The third-order valence-corrected chi connectivity index (χ3v) is 4.40. The summed E-state index contributed by atoms with van der Waals surface area (Å²) in [6.07, 6.45) is 0.406. The van der Waals surface area contributed by atoms with E-state index in [-0.39, 0.29) is 17.4 Å². The zero-order valence-electron chi connectivity index (χ0n) is 13.7. The average molecular weight is 325 g/mol. The second-order valence-electron chi connectivity index (χ2n) is 6.01. The predicted octanol–water partition coefficient (Wildman–Crippen LogP) is 3.22. The van der Waals surface area contributed by atoms with Crippen LogP contribution in [-0.4, -0.2) is 30.6 Å². The lowest BCUT2D eigenvalue weighted by atomic mass is 9.96. The van der Waals surface area contributed by atoms with Gasteiger partial charge in [0.15, 0.2) is 0 Å². The molecule has 2 aromatic carbocycles. The van der Waals surface area contributed by atoms with Gasteiger partial charge in [0.2, 0.25) is 5.91 Å². The fraction of sp³-hybridized carbons (Fsp3) is 0.263. The number of carboxylic acids is 1. The number of amides is 1. The smallest absolute Gasteiger partial charge is 0.339 e. The molecule has 2 aromatic rings. The van der Waals surface area contributed by atoms with E-state index >= 15 is 0 Å². The molecular weight excluding hydrogens is 306 g/mol. The topological polar surface area (TPSA) is 66.8 Å². The fourth-order valence-corrected chi connectivity index (χ4v) is 3.04.